The summed E-state index contributed by atoms with van der Waals surface area (Å²) in [6.45, 7) is 2.55. The van der Waals surface area contributed by atoms with E-state index in [2.05, 4.69) is 5.32 Å². The Balaban J connectivity index is 1.17. The number of likely N-dealkylation sites (tertiary alicyclic amines) is 1. The smallest absolute Gasteiger partial charge is 0.339 e. The first-order chi connectivity index (χ1) is 16.9. The number of aliphatic hydroxyl groups is 1. The molecule has 2 heterocycles. The Morgan fingerprint density at radius 3 is 2.80 bits per heavy atom. The summed E-state index contributed by atoms with van der Waals surface area (Å²) in [4.78, 5) is 39.2. The summed E-state index contributed by atoms with van der Waals surface area (Å²) in [6.07, 6.45) is 8.16. The van der Waals surface area contributed by atoms with E-state index >= 15 is 0 Å². The number of carbonyl (C=O) groups is 2. The summed E-state index contributed by atoms with van der Waals surface area (Å²) in [6, 6.07) is 3.71. The average molecular weight is 483 g/mol. The number of nitrogens with zero attached hydrogens (tertiary/aromatic N) is 1. The van der Waals surface area contributed by atoms with Crippen molar-refractivity contribution in [2.75, 3.05) is 26.2 Å². The second-order valence-corrected chi connectivity index (χ2v) is 10.3. The van der Waals surface area contributed by atoms with Crippen LogP contribution in [0.1, 0.15) is 61.6 Å². The van der Waals surface area contributed by atoms with Gasteiger partial charge in [-0.1, -0.05) is 12.8 Å². The first kappa shape index (κ1) is 23.9. The standard InChI is InChI=1S/C27H34N2O6/c1-17-22(10-9-20-19-7-2-3-8-21(19)26(32)35-25(17)20)34-16-23(30)28-14-24(31)29-13-12-27(33)11-5-4-6-18(27)15-29/h9-10,18,33H,2-8,11-16H2,1H3,(H,28,30)/t18-,27-/m1/s1. The van der Waals surface area contributed by atoms with Crippen LogP contribution in [0.3, 0.4) is 0 Å². The zero-order valence-electron chi connectivity index (χ0n) is 20.4. The Bertz CT molecular complexity index is 1200. The van der Waals surface area contributed by atoms with Crippen LogP contribution in [-0.2, 0) is 22.4 Å². The summed E-state index contributed by atoms with van der Waals surface area (Å²) in [5.41, 5.74) is 2.12. The van der Waals surface area contributed by atoms with Crippen LogP contribution in [0.5, 0.6) is 5.75 Å². The van der Waals surface area contributed by atoms with Crippen LogP contribution < -0.4 is 15.7 Å². The van der Waals surface area contributed by atoms with E-state index < -0.39 is 11.5 Å². The van der Waals surface area contributed by atoms with Crippen molar-refractivity contribution < 1.29 is 23.8 Å². The van der Waals surface area contributed by atoms with Gasteiger partial charge in [0.1, 0.15) is 11.3 Å². The van der Waals surface area contributed by atoms with E-state index in [1.54, 1.807) is 4.90 Å². The molecule has 1 aromatic carbocycles. The van der Waals surface area contributed by atoms with Crippen molar-refractivity contribution >= 4 is 22.8 Å². The van der Waals surface area contributed by atoms with Crippen LogP contribution in [0.4, 0.5) is 0 Å². The van der Waals surface area contributed by atoms with Gasteiger partial charge in [-0.05, 0) is 69.6 Å². The first-order valence-corrected chi connectivity index (χ1v) is 12.8. The van der Waals surface area contributed by atoms with Crippen LogP contribution in [0, 0.1) is 12.8 Å². The maximum absolute atomic E-state index is 12.7. The second kappa shape index (κ2) is 9.64. The fourth-order valence-electron chi connectivity index (χ4n) is 6.06. The van der Waals surface area contributed by atoms with Gasteiger partial charge in [-0.15, -0.1) is 0 Å². The third-order valence-corrected chi connectivity index (χ3v) is 8.17. The normalized spacial score (nSPS) is 23.9. The van der Waals surface area contributed by atoms with E-state index in [1.165, 1.54) is 0 Å². The number of amides is 2. The van der Waals surface area contributed by atoms with Gasteiger partial charge in [-0.3, -0.25) is 9.59 Å². The maximum atomic E-state index is 12.7. The molecule has 1 aromatic heterocycles. The molecule has 0 radical (unpaired) electrons. The maximum Gasteiger partial charge on any atom is 0.339 e. The number of hydrogen-bond acceptors (Lipinski definition) is 6. The van der Waals surface area contributed by atoms with Crippen LogP contribution >= 0.6 is 0 Å². The van der Waals surface area contributed by atoms with Gasteiger partial charge in [0.05, 0.1) is 12.1 Å². The largest absolute Gasteiger partial charge is 0.483 e. The quantitative estimate of drug-likeness (QED) is 0.634. The molecule has 35 heavy (non-hydrogen) atoms. The summed E-state index contributed by atoms with van der Waals surface area (Å²) >= 11 is 0. The number of hydrogen-bond donors (Lipinski definition) is 2. The SMILES string of the molecule is Cc1c(OCC(=O)NCC(=O)N2CC[C@]3(O)CCCC[C@@H]3C2)ccc2c3c(c(=O)oc12)CCCC3. The minimum Gasteiger partial charge on any atom is -0.483 e. The fraction of sp³-hybridized carbons (Fsp3) is 0.593. The Labute approximate surface area is 204 Å². The molecule has 1 saturated carbocycles. The molecule has 2 aliphatic carbocycles. The molecule has 2 aromatic rings. The van der Waals surface area contributed by atoms with Gasteiger partial charge in [0.15, 0.2) is 6.61 Å². The minimum absolute atomic E-state index is 0.0922. The number of piperidine rings is 1. The first-order valence-electron chi connectivity index (χ1n) is 12.8. The van der Waals surface area contributed by atoms with E-state index in [9.17, 15) is 19.5 Å². The molecule has 5 rings (SSSR count). The topological polar surface area (TPSA) is 109 Å². The van der Waals surface area contributed by atoms with Gasteiger partial charge in [-0.2, -0.15) is 0 Å². The number of nitrogens with one attached hydrogen (secondary N) is 1. The highest BCUT2D eigenvalue weighted by atomic mass is 16.5. The summed E-state index contributed by atoms with van der Waals surface area (Å²) in [5.74, 6) is 0.0651. The highest BCUT2D eigenvalue weighted by Crippen LogP contribution is 2.39. The van der Waals surface area contributed by atoms with Gasteiger partial charge in [-0.25, -0.2) is 4.79 Å². The van der Waals surface area contributed by atoms with E-state index in [-0.39, 0.29) is 30.6 Å². The van der Waals surface area contributed by atoms with Crippen molar-refractivity contribution in [1.82, 2.24) is 10.2 Å². The number of fused-ring (bicyclic) bond motifs is 4. The van der Waals surface area contributed by atoms with Crippen LogP contribution in [0.2, 0.25) is 0 Å². The molecular formula is C27H34N2O6. The van der Waals surface area contributed by atoms with Crippen molar-refractivity contribution in [3.8, 4) is 5.75 Å². The zero-order valence-corrected chi connectivity index (χ0v) is 20.4. The van der Waals surface area contributed by atoms with E-state index in [4.69, 9.17) is 9.15 Å². The molecule has 2 fully saturated rings. The molecule has 3 aliphatic rings. The fourth-order valence-corrected chi connectivity index (χ4v) is 6.06. The molecule has 8 heteroatoms. The van der Waals surface area contributed by atoms with Crippen LogP contribution in [0.25, 0.3) is 11.0 Å². The molecule has 2 amide bonds. The van der Waals surface area contributed by atoms with Crippen molar-refractivity contribution in [3.63, 3.8) is 0 Å². The van der Waals surface area contributed by atoms with Gasteiger partial charge >= 0.3 is 5.63 Å². The number of rotatable bonds is 5. The molecule has 2 N–H and O–H groups in total. The Morgan fingerprint density at radius 1 is 1.17 bits per heavy atom. The van der Waals surface area contributed by atoms with Gasteiger partial charge in [0.25, 0.3) is 5.91 Å². The molecule has 1 aliphatic heterocycles. The lowest BCUT2D eigenvalue weighted by Gasteiger charge is -2.47. The summed E-state index contributed by atoms with van der Waals surface area (Å²) in [5, 5.41) is 14.4. The Morgan fingerprint density at radius 2 is 1.97 bits per heavy atom. The Hall–Kier alpha value is -2.87. The average Bonchev–Trinajstić information content (AvgIpc) is 2.87. The number of benzene rings is 1. The molecule has 2 atom stereocenters. The molecule has 1 saturated heterocycles. The van der Waals surface area contributed by atoms with Crippen molar-refractivity contribution in [1.29, 1.82) is 0 Å². The molecule has 0 bridgehead atoms. The van der Waals surface area contributed by atoms with Crippen LogP contribution in [0.15, 0.2) is 21.3 Å². The van der Waals surface area contributed by atoms with Crippen molar-refractivity contribution in [2.24, 2.45) is 5.92 Å². The Kier molecular flexibility index (Phi) is 6.57. The predicted molar refractivity (Wildman–Crippen MR) is 130 cm³/mol. The lowest BCUT2D eigenvalue weighted by atomic mass is 9.71. The predicted octanol–water partition coefficient (Wildman–Crippen LogP) is 2.63. The van der Waals surface area contributed by atoms with Crippen molar-refractivity contribution in [2.45, 2.75) is 70.3 Å². The second-order valence-electron chi connectivity index (χ2n) is 10.3. The summed E-state index contributed by atoms with van der Waals surface area (Å²) < 4.78 is 11.3. The molecular weight excluding hydrogens is 448 g/mol. The van der Waals surface area contributed by atoms with Crippen LogP contribution in [-0.4, -0.2) is 53.7 Å². The third kappa shape index (κ3) is 4.68. The van der Waals surface area contributed by atoms with Gasteiger partial charge in [0.2, 0.25) is 5.91 Å². The van der Waals surface area contributed by atoms with Crippen molar-refractivity contribution in [3.05, 3.63) is 39.2 Å². The molecule has 0 unspecified atom stereocenters. The van der Waals surface area contributed by atoms with E-state index in [0.29, 0.717) is 36.4 Å². The number of aryl methyl sites for hydroxylation is 2. The highest BCUT2D eigenvalue weighted by molar-refractivity contribution is 5.87. The number of ether oxygens (including phenoxy) is 1. The zero-order chi connectivity index (χ0) is 24.6. The lowest BCUT2D eigenvalue weighted by molar-refractivity contribution is -0.143. The van der Waals surface area contributed by atoms with E-state index in [0.717, 1.165) is 67.9 Å². The molecule has 188 valence electrons. The van der Waals surface area contributed by atoms with E-state index in [1.807, 2.05) is 19.1 Å². The summed E-state index contributed by atoms with van der Waals surface area (Å²) in [7, 11) is 0. The monoisotopic (exact) mass is 482 g/mol. The third-order valence-electron chi connectivity index (χ3n) is 8.17. The lowest BCUT2D eigenvalue weighted by Crippen LogP contribution is -2.56. The highest BCUT2D eigenvalue weighted by Gasteiger charge is 2.43. The minimum atomic E-state index is -0.637. The number of carbonyl (C=O) groups excluding carboxylic acids is 2. The van der Waals surface area contributed by atoms with Gasteiger partial charge in [0, 0.05) is 35.5 Å². The molecule has 0 spiro atoms. The van der Waals surface area contributed by atoms with Gasteiger partial charge < -0.3 is 24.5 Å². The molecule has 8 nitrogen and oxygen atoms in total.